The number of hydrogen-bond donors (Lipinski definition) is 2. The van der Waals surface area contributed by atoms with Gasteiger partial charge in [0.05, 0.1) is 10.7 Å². The summed E-state index contributed by atoms with van der Waals surface area (Å²) in [4.78, 5) is 16.0. The number of halogens is 1. The summed E-state index contributed by atoms with van der Waals surface area (Å²) in [6.45, 7) is 5.22. The van der Waals surface area contributed by atoms with Crippen molar-refractivity contribution in [3.05, 3.63) is 58.4 Å². The Kier molecular flexibility index (Phi) is 5.92. The molecule has 0 bridgehead atoms. The van der Waals surface area contributed by atoms with E-state index in [9.17, 15) is 4.79 Å². The summed E-state index contributed by atoms with van der Waals surface area (Å²) in [5, 5.41) is 6.68. The van der Waals surface area contributed by atoms with Crippen LogP contribution in [0.2, 0.25) is 5.02 Å². The third-order valence-electron chi connectivity index (χ3n) is 3.28. The summed E-state index contributed by atoms with van der Waals surface area (Å²) >= 11 is 6.18. The third kappa shape index (κ3) is 4.83. The van der Waals surface area contributed by atoms with Crippen molar-refractivity contribution in [3.63, 3.8) is 0 Å². The second-order valence-corrected chi connectivity index (χ2v) is 5.68. The van der Waals surface area contributed by atoms with E-state index in [4.69, 9.17) is 11.6 Å². The Bertz CT molecular complexity index is 621. The largest absolute Gasteiger partial charge is 0.325 e. The Hall–Kier alpha value is -1.91. The van der Waals surface area contributed by atoms with E-state index in [1.54, 1.807) is 6.20 Å². The number of aromatic nitrogens is 1. The highest BCUT2D eigenvalue weighted by atomic mass is 35.5. The highest BCUT2D eigenvalue weighted by molar-refractivity contribution is 6.34. The van der Waals surface area contributed by atoms with E-state index in [2.05, 4.69) is 15.6 Å². The molecule has 0 aliphatic heterocycles. The van der Waals surface area contributed by atoms with Gasteiger partial charge < -0.3 is 10.6 Å². The summed E-state index contributed by atoms with van der Waals surface area (Å²) in [6.07, 6.45) is 3.94. The molecule has 1 aromatic heterocycles. The number of anilines is 1. The molecule has 0 unspecified atom stereocenters. The molecule has 0 radical (unpaired) electrons. The molecule has 1 heterocycles. The number of carbonyl (C=O) groups excluding carboxylic acids is 1. The highest BCUT2D eigenvalue weighted by Gasteiger charge is 2.09. The molecule has 5 heteroatoms. The second-order valence-electron chi connectivity index (χ2n) is 5.27. The first-order valence-electron chi connectivity index (χ1n) is 7.22. The van der Waals surface area contributed by atoms with E-state index >= 15 is 0 Å². The van der Waals surface area contributed by atoms with Crippen LogP contribution in [0.4, 0.5) is 5.69 Å². The maximum Gasteiger partial charge on any atom is 0.225 e. The van der Waals surface area contributed by atoms with Crippen molar-refractivity contribution in [3.8, 4) is 0 Å². The predicted molar refractivity (Wildman–Crippen MR) is 90.1 cm³/mol. The Morgan fingerprint density at radius 3 is 2.82 bits per heavy atom. The van der Waals surface area contributed by atoms with E-state index in [0.29, 0.717) is 30.2 Å². The second kappa shape index (κ2) is 7.92. The molecule has 0 aliphatic carbocycles. The van der Waals surface area contributed by atoms with Gasteiger partial charge in [0, 0.05) is 31.9 Å². The summed E-state index contributed by atoms with van der Waals surface area (Å²) in [5.41, 5.74) is 3.85. The van der Waals surface area contributed by atoms with Gasteiger partial charge in [-0.25, -0.2) is 0 Å². The van der Waals surface area contributed by atoms with Gasteiger partial charge in [-0.1, -0.05) is 23.7 Å². The van der Waals surface area contributed by atoms with Gasteiger partial charge in [0.2, 0.25) is 5.91 Å². The van der Waals surface area contributed by atoms with Crippen LogP contribution in [0.1, 0.15) is 23.1 Å². The minimum absolute atomic E-state index is 0.0486. The normalized spacial score (nSPS) is 10.5. The lowest BCUT2D eigenvalue weighted by Gasteiger charge is -2.12. The van der Waals surface area contributed by atoms with E-state index in [-0.39, 0.29) is 5.91 Å². The Balaban J connectivity index is 1.79. The lowest BCUT2D eigenvalue weighted by atomic mass is 10.1. The van der Waals surface area contributed by atoms with Crippen molar-refractivity contribution < 1.29 is 4.79 Å². The topological polar surface area (TPSA) is 54.0 Å². The number of hydrogen-bond acceptors (Lipinski definition) is 3. The Morgan fingerprint density at radius 1 is 1.32 bits per heavy atom. The fraction of sp³-hybridized carbons (Fsp3) is 0.294. The minimum Gasteiger partial charge on any atom is -0.325 e. The van der Waals surface area contributed by atoms with Crippen LogP contribution in [-0.2, 0) is 11.3 Å². The number of nitrogens with one attached hydrogen (secondary N) is 2. The van der Waals surface area contributed by atoms with Crippen molar-refractivity contribution in [2.24, 2.45) is 0 Å². The first-order chi connectivity index (χ1) is 10.6. The first-order valence-corrected chi connectivity index (χ1v) is 7.60. The van der Waals surface area contributed by atoms with Gasteiger partial charge >= 0.3 is 0 Å². The van der Waals surface area contributed by atoms with E-state index < -0.39 is 0 Å². The van der Waals surface area contributed by atoms with Gasteiger partial charge in [-0.05, 0) is 42.7 Å². The van der Waals surface area contributed by atoms with Crippen LogP contribution in [0, 0.1) is 13.8 Å². The van der Waals surface area contributed by atoms with Gasteiger partial charge in [-0.2, -0.15) is 0 Å². The standard InChI is InChI=1S/C17H20ClN3O/c1-12-8-13(2)17(15(18)9-12)21-16(22)5-7-20-11-14-4-3-6-19-10-14/h3-4,6,8-10,20H,5,7,11H2,1-2H3,(H,21,22). The average molecular weight is 318 g/mol. The van der Waals surface area contributed by atoms with E-state index in [1.807, 2.05) is 44.3 Å². The molecule has 0 atom stereocenters. The molecule has 1 aromatic carbocycles. The zero-order valence-electron chi connectivity index (χ0n) is 12.8. The Morgan fingerprint density at radius 2 is 2.14 bits per heavy atom. The fourth-order valence-corrected chi connectivity index (χ4v) is 2.58. The van der Waals surface area contributed by atoms with Crippen LogP contribution in [0.5, 0.6) is 0 Å². The predicted octanol–water partition coefficient (Wildman–Crippen LogP) is 3.47. The molecule has 2 aromatic rings. The summed E-state index contributed by atoms with van der Waals surface area (Å²) < 4.78 is 0. The molecular weight excluding hydrogens is 298 g/mol. The quantitative estimate of drug-likeness (QED) is 0.802. The maximum atomic E-state index is 12.0. The van der Waals surface area contributed by atoms with Gasteiger partial charge in [0.25, 0.3) is 0 Å². The number of pyridine rings is 1. The average Bonchev–Trinajstić information content (AvgIpc) is 2.48. The van der Waals surface area contributed by atoms with Crippen LogP contribution in [0.3, 0.4) is 0 Å². The molecule has 0 aliphatic rings. The van der Waals surface area contributed by atoms with E-state index in [0.717, 1.165) is 16.7 Å². The third-order valence-corrected chi connectivity index (χ3v) is 3.58. The zero-order valence-corrected chi connectivity index (χ0v) is 13.6. The van der Waals surface area contributed by atoms with Crippen LogP contribution in [0.15, 0.2) is 36.7 Å². The molecule has 2 N–H and O–H groups in total. The number of benzene rings is 1. The summed E-state index contributed by atoms with van der Waals surface area (Å²) in [6, 6.07) is 7.74. The van der Waals surface area contributed by atoms with Gasteiger partial charge in [-0.3, -0.25) is 9.78 Å². The molecular formula is C17H20ClN3O. The number of aryl methyl sites for hydroxylation is 2. The fourth-order valence-electron chi connectivity index (χ4n) is 2.21. The van der Waals surface area contributed by atoms with Crippen molar-refractivity contribution in [1.82, 2.24) is 10.3 Å². The van der Waals surface area contributed by atoms with Crippen LogP contribution in [-0.4, -0.2) is 17.4 Å². The number of nitrogens with zero attached hydrogens (tertiary/aromatic N) is 1. The van der Waals surface area contributed by atoms with Crippen LogP contribution >= 0.6 is 11.6 Å². The van der Waals surface area contributed by atoms with Crippen LogP contribution in [0.25, 0.3) is 0 Å². The van der Waals surface area contributed by atoms with Crippen molar-refractivity contribution in [2.75, 3.05) is 11.9 Å². The molecule has 0 saturated carbocycles. The molecule has 116 valence electrons. The molecule has 4 nitrogen and oxygen atoms in total. The van der Waals surface area contributed by atoms with Crippen LogP contribution < -0.4 is 10.6 Å². The molecule has 1 amide bonds. The zero-order chi connectivity index (χ0) is 15.9. The van der Waals surface area contributed by atoms with Crippen molar-refractivity contribution in [2.45, 2.75) is 26.8 Å². The molecule has 2 rings (SSSR count). The molecule has 0 spiro atoms. The maximum absolute atomic E-state index is 12.0. The first kappa shape index (κ1) is 16.5. The van der Waals surface area contributed by atoms with Crippen molar-refractivity contribution >= 4 is 23.2 Å². The van der Waals surface area contributed by atoms with E-state index in [1.165, 1.54) is 0 Å². The lowest BCUT2D eigenvalue weighted by molar-refractivity contribution is -0.116. The Labute approximate surface area is 135 Å². The lowest BCUT2D eigenvalue weighted by Crippen LogP contribution is -2.22. The smallest absolute Gasteiger partial charge is 0.225 e. The van der Waals surface area contributed by atoms with Gasteiger partial charge in [-0.15, -0.1) is 0 Å². The SMILES string of the molecule is Cc1cc(C)c(NC(=O)CCNCc2cccnc2)c(Cl)c1. The number of rotatable bonds is 6. The van der Waals surface area contributed by atoms with Gasteiger partial charge in [0.1, 0.15) is 0 Å². The molecule has 22 heavy (non-hydrogen) atoms. The molecule has 0 saturated heterocycles. The van der Waals surface area contributed by atoms with Gasteiger partial charge in [0.15, 0.2) is 0 Å². The number of carbonyl (C=O) groups is 1. The molecule has 0 fully saturated rings. The minimum atomic E-state index is -0.0486. The summed E-state index contributed by atoms with van der Waals surface area (Å²) in [7, 11) is 0. The number of amides is 1. The monoisotopic (exact) mass is 317 g/mol. The summed E-state index contributed by atoms with van der Waals surface area (Å²) in [5.74, 6) is -0.0486. The van der Waals surface area contributed by atoms with Crippen molar-refractivity contribution in [1.29, 1.82) is 0 Å². The highest BCUT2D eigenvalue weighted by Crippen LogP contribution is 2.27.